The number of nitriles is 2. The predicted molar refractivity (Wildman–Crippen MR) is 81.9 cm³/mol. The van der Waals surface area contributed by atoms with Crippen LogP contribution in [0.5, 0.6) is 5.75 Å². The predicted octanol–water partition coefficient (Wildman–Crippen LogP) is 2.68. The SMILES string of the molecule is N#CCOC(=O)c1c2ccc(OCC#N)cc2n2ccccc12. The molecular formula is C17H11N3O3. The van der Waals surface area contributed by atoms with Gasteiger partial charge in [-0.25, -0.2) is 4.79 Å². The van der Waals surface area contributed by atoms with Crippen LogP contribution in [0.3, 0.4) is 0 Å². The van der Waals surface area contributed by atoms with Crippen LogP contribution in [0.25, 0.3) is 16.4 Å². The van der Waals surface area contributed by atoms with Crippen molar-refractivity contribution in [2.75, 3.05) is 13.2 Å². The number of carbonyl (C=O) groups excluding carboxylic acids is 1. The van der Waals surface area contributed by atoms with E-state index in [0.29, 0.717) is 22.2 Å². The van der Waals surface area contributed by atoms with E-state index >= 15 is 0 Å². The first kappa shape index (κ1) is 14.4. The second-order valence-electron chi connectivity index (χ2n) is 4.69. The van der Waals surface area contributed by atoms with Crippen LogP contribution in [0.15, 0.2) is 42.6 Å². The van der Waals surface area contributed by atoms with Crippen molar-refractivity contribution in [2.24, 2.45) is 0 Å². The standard InChI is InChI=1S/C17H11N3O3/c18-6-9-22-12-4-5-13-15(11-12)20-8-2-1-3-14(20)16(13)17(21)23-10-7-19/h1-5,8,11H,9-10H2. The van der Waals surface area contributed by atoms with Crippen molar-refractivity contribution in [3.05, 3.63) is 48.2 Å². The highest BCUT2D eigenvalue weighted by Crippen LogP contribution is 2.30. The lowest BCUT2D eigenvalue weighted by molar-refractivity contribution is 0.0559. The molecule has 2 heterocycles. The number of carbonyl (C=O) groups is 1. The molecule has 0 amide bonds. The van der Waals surface area contributed by atoms with Crippen LogP contribution in [-0.4, -0.2) is 23.6 Å². The summed E-state index contributed by atoms with van der Waals surface area (Å²) in [6.45, 7) is -0.347. The van der Waals surface area contributed by atoms with E-state index in [1.54, 1.807) is 30.3 Å². The molecule has 0 aliphatic rings. The van der Waals surface area contributed by atoms with Crippen LogP contribution >= 0.6 is 0 Å². The highest BCUT2D eigenvalue weighted by atomic mass is 16.5. The average Bonchev–Trinajstić information content (AvgIpc) is 2.91. The molecule has 1 aromatic carbocycles. The summed E-state index contributed by atoms with van der Waals surface area (Å²) < 4.78 is 12.1. The Morgan fingerprint density at radius 1 is 1.09 bits per heavy atom. The molecule has 0 unspecified atom stereocenters. The van der Waals surface area contributed by atoms with Crippen LogP contribution in [0.2, 0.25) is 0 Å². The van der Waals surface area contributed by atoms with Crippen molar-refractivity contribution in [3.8, 4) is 17.9 Å². The Morgan fingerprint density at radius 3 is 2.70 bits per heavy atom. The Bertz CT molecular complexity index is 976. The first-order chi connectivity index (χ1) is 11.3. The maximum atomic E-state index is 12.3. The fourth-order valence-corrected chi connectivity index (χ4v) is 2.51. The second-order valence-corrected chi connectivity index (χ2v) is 4.69. The summed E-state index contributed by atoms with van der Waals surface area (Å²) in [5.74, 6) is -0.00446. The van der Waals surface area contributed by atoms with Crippen molar-refractivity contribution in [1.82, 2.24) is 4.40 Å². The number of fused-ring (bicyclic) bond motifs is 3. The van der Waals surface area contributed by atoms with Gasteiger partial charge in [-0.3, -0.25) is 0 Å². The number of benzene rings is 1. The van der Waals surface area contributed by atoms with E-state index in [-0.39, 0.29) is 13.2 Å². The third kappa shape index (κ3) is 2.54. The highest BCUT2D eigenvalue weighted by molar-refractivity contribution is 6.12. The van der Waals surface area contributed by atoms with Gasteiger partial charge in [-0.1, -0.05) is 6.07 Å². The molecule has 3 aromatic rings. The minimum absolute atomic E-state index is 0.0497. The minimum Gasteiger partial charge on any atom is -0.479 e. The first-order valence-electron chi connectivity index (χ1n) is 6.83. The van der Waals surface area contributed by atoms with Crippen molar-refractivity contribution in [3.63, 3.8) is 0 Å². The maximum Gasteiger partial charge on any atom is 0.342 e. The molecular weight excluding hydrogens is 294 g/mol. The third-order valence-electron chi connectivity index (χ3n) is 3.39. The molecule has 0 bridgehead atoms. The van der Waals surface area contributed by atoms with E-state index in [4.69, 9.17) is 20.0 Å². The van der Waals surface area contributed by atoms with E-state index in [2.05, 4.69) is 0 Å². The summed E-state index contributed by atoms with van der Waals surface area (Å²) in [6, 6.07) is 14.4. The quantitative estimate of drug-likeness (QED) is 0.691. The number of ether oxygens (including phenoxy) is 2. The van der Waals surface area contributed by atoms with Gasteiger partial charge in [-0.05, 0) is 24.3 Å². The fraction of sp³-hybridized carbons (Fsp3) is 0.118. The molecule has 0 saturated heterocycles. The first-order valence-corrected chi connectivity index (χ1v) is 6.83. The van der Waals surface area contributed by atoms with E-state index in [1.807, 2.05) is 28.8 Å². The normalized spacial score (nSPS) is 10.2. The Hall–Kier alpha value is -3.51. The zero-order valence-electron chi connectivity index (χ0n) is 12.0. The summed E-state index contributed by atoms with van der Waals surface area (Å²) in [5.41, 5.74) is 1.85. The fourth-order valence-electron chi connectivity index (χ4n) is 2.51. The molecule has 0 saturated carbocycles. The van der Waals surface area contributed by atoms with Gasteiger partial charge in [0.2, 0.25) is 0 Å². The molecule has 0 atom stereocenters. The lowest BCUT2D eigenvalue weighted by atomic mass is 10.1. The second kappa shape index (κ2) is 6.08. The molecule has 2 aromatic heterocycles. The number of esters is 1. The Kier molecular flexibility index (Phi) is 3.82. The van der Waals surface area contributed by atoms with Crippen LogP contribution < -0.4 is 4.74 Å². The van der Waals surface area contributed by atoms with Crippen molar-refractivity contribution >= 4 is 22.4 Å². The third-order valence-corrected chi connectivity index (χ3v) is 3.39. The smallest absolute Gasteiger partial charge is 0.342 e. The maximum absolute atomic E-state index is 12.3. The number of aromatic nitrogens is 1. The molecule has 6 heteroatoms. The average molecular weight is 305 g/mol. The Morgan fingerprint density at radius 2 is 1.91 bits per heavy atom. The van der Waals surface area contributed by atoms with Gasteiger partial charge in [0.1, 0.15) is 17.9 Å². The van der Waals surface area contributed by atoms with Gasteiger partial charge in [0.05, 0.1) is 16.6 Å². The van der Waals surface area contributed by atoms with Crippen molar-refractivity contribution in [2.45, 2.75) is 0 Å². The number of nitrogens with zero attached hydrogens (tertiary/aromatic N) is 3. The number of hydrogen-bond donors (Lipinski definition) is 0. The monoisotopic (exact) mass is 305 g/mol. The topological polar surface area (TPSA) is 87.5 Å². The van der Waals surface area contributed by atoms with E-state index in [1.165, 1.54) is 0 Å². The summed E-state index contributed by atoms with van der Waals surface area (Å²) in [6.07, 6.45) is 1.83. The van der Waals surface area contributed by atoms with E-state index in [9.17, 15) is 4.79 Å². The summed E-state index contributed by atoms with van der Waals surface area (Å²) >= 11 is 0. The van der Waals surface area contributed by atoms with Crippen LogP contribution in [-0.2, 0) is 4.74 Å². The molecule has 112 valence electrons. The van der Waals surface area contributed by atoms with Gasteiger partial charge < -0.3 is 13.9 Å². The molecule has 23 heavy (non-hydrogen) atoms. The lowest BCUT2D eigenvalue weighted by Crippen LogP contribution is -2.05. The van der Waals surface area contributed by atoms with E-state index in [0.717, 1.165) is 5.52 Å². The molecule has 0 N–H and O–H groups in total. The largest absolute Gasteiger partial charge is 0.479 e. The van der Waals surface area contributed by atoms with Gasteiger partial charge in [0, 0.05) is 17.6 Å². The molecule has 3 rings (SSSR count). The number of rotatable bonds is 4. The number of pyridine rings is 1. The Balaban J connectivity index is 2.20. The van der Waals surface area contributed by atoms with Gasteiger partial charge in [0.25, 0.3) is 0 Å². The summed E-state index contributed by atoms with van der Waals surface area (Å²) in [5, 5.41) is 17.9. The van der Waals surface area contributed by atoms with Crippen LogP contribution in [0.1, 0.15) is 10.4 Å². The summed E-state index contributed by atoms with van der Waals surface area (Å²) in [4.78, 5) is 12.3. The molecule has 0 aliphatic heterocycles. The van der Waals surface area contributed by atoms with Gasteiger partial charge >= 0.3 is 5.97 Å². The zero-order chi connectivity index (χ0) is 16.2. The van der Waals surface area contributed by atoms with Crippen LogP contribution in [0, 0.1) is 22.7 Å². The number of hydrogen-bond acceptors (Lipinski definition) is 5. The molecule has 0 fully saturated rings. The van der Waals surface area contributed by atoms with Crippen molar-refractivity contribution < 1.29 is 14.3 Å². The minimum atomic E-state index is -0.545. The summed E-state index contributed by atoms with van der Waals surface area (Å²) in [7, 11) is 0. The highest BCUT2D eigenvalue weighted by Gasteiger charge is 2.19. The molecule has 0 spiro atoms. The Labute approximate surface area is 131 Å². The molecule has 0 aliphatic carbocycles. The van der Waals surface area contributed by atoms with Gasteiger partial charge in [-0.15, -0.1) is 0 Å². The van der Waals surface area contributed by atoms with Crippen molar-refractivity contribution in [1.29, 1.82) is 10.5 Å². The van der Waals surface area contributed by atoms with Crippen LogP contribution in [0.4, 0.5) is 0 Å². The molecule has 0 radical (unpaired) electrons. The zero-order valence-corrected chi connectivity index (χ0v) is 12.0. The van der Waals surface area contributed by atoms with E-state index < -0.39 is 5.97 Å². The molecule has 6 nitrogen and oxygen atoms in total. The van der Waals surface area contributed by atoms with Gasteiger partial charge in [-0.2, -0.15) is 10.5 Å². The lowest BCUT2D eigenvalue weighted by Gasteiger charge is -2.02. The van der Waals surface area contributed by atoms with Gasteiger partial charge in [0.15, 0.2) is 13.2 Å².